The van der Waals surface area contributed by atoms with Gasteiger partial charge in [-0.05, 0) is 13.8 Å². The van der Waals surface area contributed by atoms with Gasteiger partial charge in [-0.25, -0.2) is 0 Å². The number of aliphatic hydroxyl groups excluding tert-OH is 2. The summed E-state index contributed by atoms with van der Waals surface area (Å²) in [4.78, 5) is 10.9. The van der Waals surface area contributed by atoms with Gasteiger partial charge in [0.05, 0.1) is 25.2 Å². The number of carbonyl (C=O) groups is 1. The van der Waals surface area contributed by atoms with Crippen LogP contribution in [0.1, 0.15) is 26.7 Å². The van der Waals surface area contributed by atoms with Gasteiger partial charge in [-0.15, -0.1) is 0 Å². The Labute approximate surface area is 84.2 Å². The van der Waals surface area contributed by atoms with E-state index < -0.39 is 18.2 Å². The van der Waals surface area contributed by atoms with Crippen LogP contribution in [-0.4, -0.2) is 35.0 Å². The zero-order valence-electron chi connectivity index (χ0n) is 8.64. The summed E-state index contributed by atoms with van der Waals surface area (Å²) in [6.07, 6.45) is 1.80. The first-order valence-electron chi connectivity index (χ1n) is 4.74. The molecule has 0 aliphatic heterocycles. The Morgan fingerprint density at radius 2 is 2.14 bits per heavy atom. The maximum absolute atomic E-state index is 10.9. The molecule has 14 heavy (non-hydrogen) atoms. The number of esters is 1. The average Bonchev–Trinajstić information content (AvgIpc) is 2.03. The molecule has 0 aliphatic rings. The molecule has 0 aromatic carbocycles. The van der Waals surface area contributed by atoms with Crippen molar-refractivity contribution >= 4 is 5.97 Å². The van der Waals surface area contributed by atoms with Crippen molar-refractivity contribution in [3.05, 3.63) is 12.2 Å². The number of hydrogen-bond donors (Lipinski definition) is 2. The van der Waals surface area contributed by atoms with Crippen LogP contribution < -0.4 is 0 Å². The molecular weight excluding hydrogens is 184 g/mol. The molecule has 0 bridgehead atoms. The second-order valence-corrected chi connectivity index (χ2v) is 2.99. The molecular formula is C10H18O4. The molecule has 4 nitrogen and oxygen atoms in total. The summed E-state index contributed by atoms with van der Waals surface area (Å²) in [6.45, 7) is 3.79. The number of allylic oxidation sites excluding steroid dienone is 1. The van der Waals surface area contributed by atoms with Crippen molar-refractivity contribution in [3.8, 4) is 0 Å². The summed E-state index contributed by atoms with van der Waals surface area (Å²) in [7, 11) is 0. The van der Waals surface area contributed by atoms with Crippen molar-refractivity contribution in [2.45, 2.75) is 38.9 Å². The van der Waals surface area contributed by atoms with Gasteiger partial charge < -0.3 is 14.9 Å². The molecule has 4 heteroatoms. The third-order valence-electron chi connectivity index (χ3n) is 1.64. The van der Waals surface area contributed by atoms with Crippen LogP contribution in [0.25, 0.3) is 0 Å². The van der Waals surface area contributed by atoms with E-state index in [1.165, 1.54) is 0 Å². The zero-order valence-corrected chi connectivity index (χ0v) is 8.64. The quantitative estimate of drug-likeness (QED) is 0.489. The second-order valence-electron chi connectivity index (χ2n) is 2.99. The van der Waals surface area contributed by atoms with Gasteiger partial charge in [-0.2, -0.15) is 0 Å². The fourth-order valence-electron chi connectivity index (χ4n) is 1.08. The molecule has 0 spiro atoms. The minimum absolute atomic E-state index is 0.0670. The fourth-order valence-corrected chi connectivity index (χ4v) is 1.08. The summed E-state index contributed by atoms with van der Waals surface area (Å²) in [5.41, 5.74) is 0. The van der Waals surface area contributed by atoms with Crippen molar-refractivity contribution in [2.75, 3.05) is 6.61 Å². The first-order valence-corrected chi connectivity index (χ1v) is 4.74. The number of hydrogen-bond acceptors (Lipinski definition) is 4. The van der Waals surface area contributed by atoms with E-state index in [1.807, 2.05) is 0 Å². The molecule has 0 rings (SSSR count). The topological polar surface area (TPSA) is 66.8 Å². The van der Waals surface area contributed by atoms with Crippen LogP contribution in [0.15, 0.2) is 12.2 Å². The van der Waals surface area contributed by atoms with E-state index in [1.54, 1.807) is 26.0 Å². The zero-order chi connectivity index (χ0) is 11.0. The highest BCUT2D eigenvalue weighted by atomic mass is 16.5. The van der Waals surface area contributed by atoms with E-state index in [4.69, 9.17) is 0 Å². The van der Waals surface area contributed by atoms with Crippen molar-refractivity contribution < 1.29 is 19.7 Å². The minimum atomic E-state index is -0.847. The van der Waals surface area contributed by atoms with Gasteiger partial charge in [0.2, 0.25) is 0 Å². The summed E-state index contributed by atoms with van der Waals surface area (Å²) in [5.74, 6) is -0.437. The number of aliphatic hydroxyl groups is 2. The van der Waals surface area contributed by atoms with Crippen LogP contribution >= 0.6 is 0 Å². The molecule has 0 amide bonds. The Balaban J connectivity index is 3.74. The van der Waals surface area contributed by atoms with Crippen LogP contribution in [0, 0.1) is 0 Å². The highest BCUT2D eigenvalue weighted by molar-refractivity contribution is 5.69. The largest absolute Gasteiger partial charge is 0.466 e. The first kappa shape index (κ1) is 13.1. The van der Waals surface area contributed by atoms with E-state index >= 15 is 0 Å². The van der Waals surface area contributed by atoms with Crippen LogP contribution in [0.2, 0.25) is 0 Å². The Morgan fingerprint density at radius 1 is 1.50 bits per heavy atom. The van der Waals surface area contributed by atoms with Gasteiger partial charge in [-0.3, -0.25) is 4.79 Å². The monoisotopic (exact) mass is 202 g/mol. The van der Waals surface area contributed by atoms with Crippen molar-refractivity contribution in [1.82, 2.24) is 0 Å². The fraction of sp³-hybridized carbons (Fsp3) is 0.700. The Bertz CT molecular complexity index is 189. The molecule has 0 aromatic heterocycles. The van der Waals surface area contributed by atoms with Crippen molar-refractivity contribution in [3.63, 3.8) is 0 Å². The van der Waals surface area contributed by atoms with E-state index in [9.17, 15) is 15.0 Å². The third-order valence-corrected chi connectivity index (χ3v) is 1.64. The van der Waals surface area contributed by atoms with Crippen molar-refractivity contribution in [2.24, 2.45) is 0 Å². The maximum atomic E-state index is 10.9. The van der Waals surface area contributed by atoms with E-state index in [0.29, 0.717) is 6.61 Å². The molecule has 2 atom stereocenters. The van der Waals surface area contributed by atoms with E-state index in [0.717, 1.165) is 0 Å². The van der Waals surface area contributed by atoms with Gasteiger partial charge in [0.25, 0.3) is 0 Å². The average molecular weight is 202 g/mol. The highest BCUT2D eigenvalue weighted by Gasteiger charge is 2.14. The Hall–Kier alpha value is -0.870. The van der Waals surface area contributed by atoms with Gasteiger partial charge >= 0.3 is 5.97 Å². The molecule has 0 fully saturated rings. The number of carbonyl (C=O) groups excluding carboxylic acids is 1. The SMILES string of the molecule is C/C=C/[C@@H](O)C[C@@H](O)CC(=O)OCC. The highest BCUT2D eigenvalue weighted by Crippen LogP contribution is 2.04. The molecule has 0 aromatic rings. The van der Waals surface area contributed by atoms with Crippen LogP contribution in [0.3, 0.4) is 0 Å². The molecule has 0 aliphatic carbocycles. The van der Waals surface area contributed by atoms with E-state index in [2.05, 4.69) is 4.74 Å². The van der Waals surface area contributed by atoms with Crippen molar-refractivity contribution in [1.29, 1.82) is 0 Å². The molecule has 82 valence electrons. The summed E-state index contributed by atoms with van der Waals surface area (Å²) < 4.78 is 4.66. The normalized spacial score (nSPS) is 15.4. The van der Waals surface area contributed by atoms with Gasteiger partial charge in [0, 0.05) is 6.42 Å². The molecule has 0 unspecified atom stereocenters. The minimum Gasteiger partial charge on any atom is -0.466 e. The number of rotatable bonds is 6. The molecule has 0 radical (unpaired) electrons. The predicted octanol–water partition coefficient (Wildman–Crippen LogP) is 0.628. The lowest BCUT2D eigenvalue weighted by Crippen LogP contribution is -2.20. The maximum Gasteiger partial charge on any atom is 0.308 e. The van der Waals surface area contributed by atoms with Crippen LogP contribution in [0.5, 0.6) is 0 Å². The molecule has 0 saturated heterocycles. The van der Waals surface area contributed by atoms with Gasteiger partial charge in [0.1, 0.15) is 0 Å². The lowest BCUT2D eigenvalue weighted by atomic mass is 10.1. The first-order chi connectivity index (χ1) is 6.60. The summed E-state index contributed by atoms with van der Waals surface area (Å²) in [6, 6.07) is 0. The van der Waals surface area contributed by atoms with E-state index in [-0.39, 0.29) is 12.8 Å². The van der Waals surface area contributed by atoms with Gasteiger partial charge in [0.15, 0.2) is 0 Å². The second kappa shape index (κ2) is 7.53. The number of ether oxygens (including phenoxy) is 1. The Morgan fingerprint density at radius 3 is 2.64 bits per heavy atom. The summed E-state index contributed by atoms with van der Waals surface area (Å²) in [5, 5.41) is 18.6. The van der Waals surface area contributed by atoms with Gasteiger partial charge in [-0.1, -0.05) is 12.2 Å². The lowest BCUT2D eigenvalue weighted by molar-refractivity contribution is -0.145. The lowest BCUT2D eigenvalue weighted by Gasteiger charge is -2.11. The van der Waals surface area contributed by atoms with Crippen LogP contribution in [-0.2, 0) is 9.53 Å². The smallest absolute Gasteiger partial charge is 0.308 e. The molecule has 2 N–H and O–H groups in total. The third kappa shape index (κ3) is 6.62. The molecule has 0 heterocycles. The Kier molecular flexibility index (Phi) is 7.06. The predicted molar refractivity (Wildman–Crippen MR) is 52.7 cm³/mol. The molecule has 0 saturated carbocycles. The summed E-state index contributed by atoms with van der Waals surface area (Å²) >= 11 is 0. The standard InChI is InChI=1S/C10H18O4/c1-3-5-8(11)6-9(12)7-10(13)14-4-2/h3,5,8-9,11-12H,4,6-7H2,1-2H3/b5-3+/t8-,9-/m1/s1. The van der Waals surface area contributed by atoms with Crippen LogP contribution in [0.4, 0.5) is 0 Å².